The molecule has 2 aromatic carbocycles. The Labute approximate surface area is 90.7 Å². The van der Waals surface area contributed by atoms with E-state index in [1.807, 2.05) is 24.8 Å². The summed E-state index contributed by atoms with van der Waals surface area (Å²) >= 11 is 0. The molecule has 0 N–H and O–H groups in total. The minimum Gasteiger partial charge on any atom is -0.487 e. The number of rotatable bonds is 4. The summed E-state index contributed by atoms with van der Waals surface area (Å²) in [6.07, 6.45) is 2.11. The zero-order valence-electron chi connectivity index (χ0n) is 8.94. The fraction of sp³-hybridized carbons (Fsp3) is 0.214. The molecule has 0 unspecified atom stereocenters. The van der Waals surface area contributed by atoms with Crippen LogP contribution in [0.4, 0.5) is 0 Å². The molecule has 0 saturated carbocycles. The summed E-state index contributed by atoms with van der Waals surface area (Å²) < 4.78 is 5.53. The van der Waals surface area contributed by atoms with Crippen LogP contribution in [0.3, 0.4) is 0 Å². The second kappa shape index (κ2) is 4.83. The summed E-state index contributed by atoms with van der Waals surface area (Å²) in [4.78, 5) is 0. The maximum Gasteiger partial charge on any atom is 0.135 e. The summed E-state index contributed by atoms with van der Waals surface area (Å²) in [5.41, 5.74) is 0. The first-order chi connectivity index (χ1) is 7.40. The third-order valence-electron chi connectivity index (χ3n) is 2.35. The second-order valence-corrected chi connectivity index (χ2v) is 3.58. The average Bonchev–Trinajstić information content (AvgIpc) is 2.29. The average molecular weight is 199 g/mol. The van der Waals surface area contributed by atoms with E-state index in [0.717, 1.165) is 18.6 Å². The summed E-state index contributed by atoms with van der Waals surface area (Å²) in [6, 6.07) is 14.5. The first-order valence-electron chi connectivity index (χ1n) is 5.37. The smallest absolute Gasteiger partial charge is 0.135 e. The van der Waals surface area contributed by atoms with Crippen molar-refractivity contribution in [1.82, 2.24) is 0 Å². The number of fused-ring (bicyclic) bond motifs is 1. The maximum absolute atomic E-state index is 5.53. The Kier molecular flexibility index (Phi) is 3.23. The van der Waals surface area contributed by atoms with Gasteiger partial charge in [-0.25, -0.2) is 0 Å². The topological polar surface area (TPSA) is 9.23 Å². The lowest BCUT2D eigenvalue weighted by atomic mass is 10.1. The summed E-state index contributed by atoms with van der Waals surface area (Å²) in [5.74, 6) is 0.919. The lowest BCUT2D eigenvalue weighted by Crippen LogP contribution is -1.89. The van der Waals surface area contributed by atoms with Crippen LogP contribution in [-0.4, -0.2) is 0 Å². The Morgan fingerprint density at radius 3 is 2.67 bits per heavy atom. The third kappa shape index (κ3) is 2.50. The summed E-state index contributed by atoms with van der Waals surface area (Å²) in [7, 11) is 0. The molecule has 0 aromatic heterocycles. The SMILES string of the molecule is CCC[CH]Oc1ccc2ccccc2c1. The molecule has 15 heavy (non-hydrogen) atoms. The van der Waals surface area contributed by atoms with Crippen molar-refractivity contribution in [2.75, 3.05) is 0 Å². The number of benzene rings is 2. The van der Waals surface area contributed by atoms with Crippen molar-refractivity contribution in [2.24, 2.45) is 0 Å². The second-order valence-electron chi connectivity index (χ2n) is 3.58. The van der Waals surface area contributed by atoms with Crippen molar-refractivity contribution < 1.29 is 4.74 Å². The molecule has 0 saturated heterocycles. The molecule has 2 aromatic rings. The highest BCUT2D eigenvalue weighted by Gasteiger charge is 1.96. The van der Waals surface area contributed by atoms with Gasteiger partial charge in [0.1, 0.15) is 12.4 Å². The minimum atomic E-state index is 0.919. The van der Waals surface area contributed by atoms with Gasteiger partial charge in [0.25, 0.3) is 0 Å². The fourth-order valence-electron chi connectivity index (χ4n) is 1.51. The van der Waals surface area contributed by atoms with Crippen LogP contribution in [0.15, 0.2) is 42.5 Å². The molecule has 0 bridgehead atoms. The van der Waals surface area contributed by atoms with Gasteiger partial charge in [-0.15, -0.1) is 0 Å². The zero-order chi connectivity index (χ0) is 10.5. The van der Waals surface area contributed by atoms with Gasteiger partial charge in [0, 0.05) is 0 Å². The van der Waals surface area contributed by atoms with Gasteiger partial charge in [-0.2, -0.15) is 0 Å². The van der Waals surface area contributed by atoms with Crippen molar-refractivity contribution >= 4 is 10.8 Å². The highest BCUT2D eigenvalue weighted by atomic mass is 16.5. The van der Waals surface area contributed by atoms with Crippen molar-refractivity contribution in [3.63, 3.8) is 0 Å². The zero-order valence-corrected chi connectivity index (χ0v) is 8.94. The molecule has 77 valence electrons. The van der Waals surface area contributed by atoms with E-state index >= 15 is 0 Å². The number of hydrogen-bond acceptors (Lipinski definition) is 1. The first-order valence-corrected chi connectivity index (χ1v) is 5.37. The summed E-state index contributed by atoms with van der Waals surface area (Å²) in [6.45, 7) is 4.00. The minimum absolute atomic E-state index is 0.919. The molecule has 0 aliphatic heterocycles. The van der Waals surface area contributed by atoms with Gasteiger partial charge in [0.15, 0.2) is 0 Å². The predicted octanol–water partition coefficient (Wildman–Crippen LogP) is 4.18. The van der Waals surface area contributed by atoms with Crippen molar-refractivity contribution in [3.05, 3.63) is 49.1 Å². The monoisotopic (exact) mass is 199 g/mol. The third-order valence-corrected chi connectivity index (χ3v) is 2.35. The highest BCUT2D eigenvalue weighted by Crippen LogP contribution is 2.21. The van der Waals surface area contributed by atoms with E-state index in [4.69, 9.17) is 4.74 Å². The number of ether oxygens (including phenoxy) is 1. The molecule has 2 rings (SSSR count). The molecule has 0 atom stereocenters. The van der Waals surface area contributed by atoms with Crippen molar-refractivity contribution in [3.8, 4) is 5.75 Å². The standard InChI is InChI=1S/C14H15O/c1-2-3-10-15-14-9-8-12-6-4-5-7-13(12)11-14/h4-11H,2-3H2,1H3. The van der Waals surface area contributed by atoms with E-state index in [2.05, 4.69) is 31.2 Å². The van der Waals surface area contributed by atoms with Crippen LogP contribution in [0, 0.1) is 6.61 Å². The van der Waals surface area contributed by atoms with E-state index in [1.54, 1.807) is 0 Å². The van der Waals surface area contributed by atoms with Crippen LogP contribution in [0.1, 0.15) is 19.8 Å². The molecular formula is C14H15O. The molecule has 1 nitrogen and oxygen atoms in total. The van der Waals surface area contributed by atoms with Crippen molar-refractivity contribution in [1.29, 1.82) is 0 Å². The Morgan fingerprint density at radius 2 is 1.87 bits per heavy atom. The maximum atomic E-state index is 5.53. The van der Waals surface area contributed by atoms with Gasteiger partial charge in [0.2, 0.25) is 0 Å². The van der Waals surface area contributed by atoms with E-state index in [-0.39, 0.29) is 0 Å². The molecule has 1 radical (unpaired) electrons. The van der Waals surface area contributed by atoms with Gasteiger partial charge in [0.05, 0.1) is 0 Å². The van der Waals surface area contributed by atoms with E-state index in [9.17, 15) is 0 Å². The Hall–Kier alpha value is -1.50. The van der Waals surface area contributed by atoms with Crippen LogP contribution in [-0.2, 0) is 0 Å². The van der Waals surface area contributed by atoms with Gasteiger partial charge in [-0.05, 0) is 29.3 Å². The van der Waals surface area contributed by atoms with E-state index in [0.29, 0.717) is 0 Å². The molecule has 0 aliphatic rings. The molecule has 1 heteroatoms. The van der Waals surface area contributed by atoms with E-state index < -0.39 is 0 Å². The van der Waals surface area contributed by atoms with Crippen LogP contribution in [0.2, 0.25) is 0 Å². The molecule has 0 amide bonds. The lowest BCUT2D eigenvalue weighted by molar-refractivity contribution is 0.390. The van der Waals surface area contributed by atoms with Crippen LogP contribution in [0.5, 0.6) is 5.75 Å². The summed E-state index contributed by atoms with van der Waals surface area (Å²) in [5, 5.41) is 2.47. The van der Waals surface area contributed by atoms with Gasteiger partial charge < -0.3 is 4.74 Å². The first kappa shape index (κ1) is 10.0. The molecule has 0 fully saturated rings. The van der Waals surface area contributed by atoms with Gasteiger partial charge >= 0.3 is 0 Å². The normalized spacial score (nSPS) is 10.5. The quantitative estimate of drug-likeness (QED) is 0.671. The number of hydrogen-bond donors (Lipinski definition) is 0. The lowest BCUT2D eigenvalue weighted by Gasteiger charge is -2.05. The Bertz CT molecular complexity index is 434. The molecule has 0 spiro atoms. The van der Waals surface area contributed by atoms with Crippen LogP contribution < -0.4 is 4.74 Å². The Morgan fingerprint density at radius 1 is 1.07 bits per heavy atom. The van der Waals surface area contributed by atoms with Gasteiger partial charge in [-0.1, -0.05) is 43.7 Å². The fourth-order valence-corrected chi connectivity index (χ4v) is 1.51. The Balaban J connectivity index is 2.16. The molecular weight excluding hydrogens is 184 g/mol. The number of unbranched alkanes of at least 4 members (excludes halogenated alkanes) is 1. The van der Waals surface area contributed by atoms with Crippen LogP contribution >= 0.6 is 0 Å². The van der Waals surface area contributed by atoms with E-state index in [1.165, 1.54) is 10.8 Å². The predicted molar refractivity (Wildman–Crippen MR) is 63.8 cm³/mol. The van der Waals surface area contributed by atoms with Crippen molar-refractivity contribution in [2.45, 2.75) is 19.8 Å². The van der Waals surface area contributed by atoms with Gasteiger partial charge in [-0.3, -0.25) is 0 Å². The largest absolute Gasteiger partial charge is 0.487 e. The molecule has 0 aliphatic carbocycles. The highest BCUT2D eigenvalue weighted by molar-refractivity contribution is 5.83. The van der Waals surface area contributed by atoms with Crippen LogP contribution in [0.25, 0.3) is 10.8 Å². The molecule has 0 heterocycles.